The molecular formula is C25H26N6O2S. The summed E-state index contributed by atoms with van der Waals surface area (Å²) in [5.41, 5.74) is 4.29. The lowest BCUT2D eigenvalue weighted by molar-refractivity contribution is 0.601. The maximum Gasteiger partial charge on any atom is 0.261 e. The van der Waals surface area contributed by atoms with Crippen LogP contribution in [0.2, 0.25) is 0 Å². The van der Waals surface area contributed by atoms with Crippen molar-refractivity contribution in [2.24, 2.45) is 0 Å². The second kappa shape index (κ2) is 9.48. The number of sulfonamides is 1. The predicted molar refractivity (Wildman–Crippen MR) is 135 cm³/mol. The summed E-state index contributed by atoms with van der Waals surface area (Å²) in [5.74, 6) is 2.51. The number of pyridine rings is 1. The molecule has 4 aromatic rings. The van der Waals surface area contributed by atoms with Crippen molar-refractivity contribution in [3.8, 4) is 0 Å². The molecule has 2 heterocycles. The molecular weight excluding hydrogens is 448 g/mol. The second-order valence-corrected chi connectivity index (χ2v) is 9.77. The zero-order chi connectivity index (χ0) is 24.3. The Hall–Kier alpha value is -3.98. The topological polar surface area (TPSA) is 109 Å². The predicted octanol–water partition coefficient (Wildman–Crippen LogP) is 5.39. The number of hydrogen-bond donors (Lipinski definition) is 3. The van der Waals surface area contributed by atoms with Crippen molar-refractivity contribution in [1.29, 1.82) is 0 Å². The molecule has 0 unspecified atom stereocenters. The van der Waals surface area contributed by atoms with Crippen LogP contribution in [0.4, 0.5) is 28.8 Å². The Kier molecular flexibility index (Phi) is 6.47. The molecule has 0 bridgehead atoms. The van der Waals surface area contributed by atoms with Gasteiger partial charge in [-0.25, -0.2) is 23.4 Å². The molecule has 0 spiro atoms. The van der Waals surface area contributed by atoms with E-state index in [9.17, 15) is 8.42 Å². The van der Waals surface area contributed by atoms with Gasteiger partial charge in [0.2, 0.25) is 0 Å². The highest BCUT2D eigenvalue weighted by molar-refractivity contribution is 7.92. The molecule has 4 rings (SSSR count). The van der Waals surface area contributed by atoms with Gasteiger partial charge >= 0.3 is 0 Å². The SMILES string of the molecule is Cc1ccnc(Nc2cc(Nc3ccc(NS(=O)(=O)c4ccc(C)c(C)c4)cc3)nc(C)n2)c1. The van der Waals surface area contributed by atoms with E-state index in [1.807, 2.05) is 39.8 Å². The first-order valence-electron chi connectivity index (χ1n) is 10.7. The number of nitrogens with one attached hydrogen (secondary N) is 3. The lowest BCUT2D eigenvalue weighted by Crippen LogP contribution is -2.13. The van der Waals surface area contributed by atoms with Crippen molar-refractivity contribution >= 4 is 38.9 Å². The molecule has 0 radical (unpaired) electrons. The standard InChI is InChI=1S/C25H26N6O2S/c1-16-11-12-26-23(13-16)30-25-15-24(27-19(4)28-25)29-20-6-8-21(9-7-20)31-34(32,33)22-10-5-17(2)18(3)14-22/h5-15,31H,1-4H3,(H2,26,27,28,29,30). The van der Waals surface area contributed by atoms with Crippen molar-refractivity contribution in [2.75, 3.05) is 15.4 Å². The van der Waals surface area contributed by atoms with Crippen LogP contribution in [0.15, 0.2) is 71.8 Å². The fourth-order valence-corrected chi connectivity index (χ4v) is 4.44. The molecule has 2 aromatic carbocycles. The Bertz CT molecular complexity index is 1440. The summed E-state index contributed by atoms with van der Waals surface area (Å²) in [7, 11) is -3.67. The third-order valence-electron chi connectivity index (χ3n) is 5.21. The maximum atomic E-state index is 12.7. The van der Waals surface area contributed by atoms with Crippen molar-refractivity contribution in [1.82, 2.24) is 15.0 Å². The minimum absolute atomic E-state index is 0.234. The average Bonchev–Trinajstić information content (AvgIpc) is 2.76. The van der Waals surface area contributed by atoms with E-state index < -0.39 is 10.0 Å². The zero-order valence-corrected chi connectivity index (χ0v) is 20.2. The number of aryl methyl sites for hydroxylation is 4. The molecule has 0 fully saturated rings. The van der Waals surface area contributed by atoms with E-state index in [4.69, 9.17) is 0 Å². The van der Waals surface area contributed by atoms with Gasteiger partial charge in [0.15, 0.2) is 0 Å². The lowest BCUT2D eigenvalue weighted by atomic mass is 10.1. The molecule has 34 heavy (non-hydrogen) atoms. The van der Waals surface area contributed by atoms with E-state index in [0.29, 0.717) is 29.0 Å². The lowest BCUT2D eigenvalue weighted by Gasteiger charge is -2.12. The van der Waals surface area contributed by atoms with Gasteiger partial charge < -0.3 is 10.6 Å². The Morgan fingerprint density at radius 3 is 2.03 bits per heavy atom. The number of hydrogen-bond acceptors (Lipinski definition) is 7. The van der Waals surface area contributed by atoms with Crippen molar-refractivity contribution in [3.63, 3.8) is 0 Å². The van der Waals surface area contributed by atoms with Gasteiger partial charge in [0, 0.05) is 23.6 Å². The summed E-state index contributed by atoms with van der Waals surface area (Å²) in [6.07, 6.45) is 1.74. The molecule has 0 aliphatic carbocycles. The molecule has 0 saturated carbocycles. The molecule has 8 nitrogen and oxygen atoms in total. The van der Waals surface area contributed by atoms with E-state index in [-0.39, 0.29) is 4.90 Å². The van der Waals surface area contributed by atoms with Gasteiger partial charge in [-0.1, -0.05) is 6.07 Å². The first kappa shape index (κ1) is 23.2. The third-order valence-corrected chi connectivity index (χ3v) is 6.59. The van der Waals surface area contributed by atoms with Crippen LogP contribution in [-0.2, 0) is 10.0 Å². The molecule has 0 aliphatic rings. The molecule has 0 saturated heterocycles. The van der Waals surface area contributed by atoms with E-state index in [0.717, 1.165) is 22.4 Å². The molecule has 9 heteroatoms. The monoisotopic (exact) mass is 474 g/mol. The summed E-state index contributed by atoms with van der Waals surface area (Å²) < 4.78 is 28.1. The average molecular weight is 475 g/mol. The fraction of sp³-hybridized carbons (Fsp3) is 0.160. The van der Waals surface area contributed by atoms with Crippen LogP contribution in [0.1, 0.15) is 22.5 Å². The third kappa shape index (κ3) is 5.68. The minimum Gasteiger partial charge on any atom is -0.340 e. The Morgan fingerprint density at radius 1 is 0.676 bits per heavy atom. The van der Waals surface area contributed by atoms with Gasteiger partial charge in [-0.2, -0.15) is 0 Å². The van der Waals surface area contributed by atoms with Gasteiger partial charge in [-0.3, -0.25) is 4.72 Å². The highest BCUT2D eigenvalue weighted by Gasteiger charge is 2.15. The van der Waals surface area contributed by atoms with E-state index in [1.165, 1.54) is 0 Å². The van der Waals surface area contributed by atoms with Gasteiger partial charge in [0.25, 0.3) is 10.0 Å². The molecule has 174 valence electrons. The van der Waals surface area contributed by atoms with Gasteiger partial charge in [-0.05, 0) is 92.9 Å². The van der Waals surface area contributed by atoms with Crippen LogP contribution >= 0.6 is 0 Å². The Balaban J connectivity index is 1.47. The highest BCUT2D eigenvalue weighted by atomic mass is 32.2. The van der Waals surface area contributed by atoms with Gasteiger partial charge in [-0.15, -0.1) is 0 Å². The molecule has 2 aromatic heterocycles. The van der Waals surface area contributed by atoms with Crippen LogP contribution in [0.3, 0.4) is 0 Å². The number of aromatic nitrogens is 3. The first-order valence-corrected chi connectivity index (χ1v) is 12.2. The number of nitrogens with zero attached hydrogens (tertiary/aromatic N) is 3. The van der Waals surface area contributed by atoms with Crippen LogP contribution in [0.25, 0.3) is 0 Å². The highest BCUT2D eigenvalue weighted by Crippen LogP contribution is 2.23. The number of rotatable bonds is 7. The summed E-state index contributed by atoms with van der Waals surface area (Å²) in [6, 6.07) is 17.7. The minimum atomic E-state index is -3.67. The quantitative estimate of drug-likeness (QED) is 0.329. The normalized spacial score (nSPS) is 11.2. The van der Waals surface area contributed by atoms with Gasteiger partial charge in [0.1, 0.15) is 23.3 Å². The molecule has 0 aliphatic heterocycles. The zero-order valence-electron chi connectivity index (χ0n) is 19.4. The van der Waals surface area contributed by atoms with Crippen LogP contribution in [-0.4, -0.2) is 23.4 Å². The summed E-state index contributed by atoms with van der Waals surface area (Å²) in [6.45, 7) is 7.64. The van der Waals surface area contributed by atoms with Crippen molar-refractivity contribution in [3.05, 3.63) is 89.4 Å². The van der Waals surface area contributed by atoms with E-state index in [1.54, 1.807) is 54.7 Å². The Morgan fingerprint density at radius 2 is 1.35 bits per heavy atom. The smallest absolute Gasteiger partial charge is 0.261 e. The van der Waals surface area contributed by atoms with E-state index >= 15 is 0 Å². The first-order chi connectivity index (χ1) is 16.2. The summed E-state index contributed by atoms with van der Waals surface area (Å²) >= 11 is 0. The number of benzene rings is 2. The Labute approximate surface area is 199 Å². The molecule has 0 atom stereocenters. The summed E-state index contributed by atoms with van der Waals surface area (Å²) in [5, 5.41) is 6.42. The largest absolute Gasteiger partial charge is 0.340 e. The summed E-state index contributed by atoms with van der Waals surface area (Å²) in [4.78, 5) is 13.4. The fourth-order valence-electron chi connectivity index (χ4n) is 3.30. The van der Waals surface area contributed by atoms with Crippen molar-refractivity contribution < 1.29 is 8.42 Å². The molecule has 0 amide bonds. The van der Waals surface area contributed by atoms with Crippen molar-refractivity contribution in [2.45, 2.75) is 32.6 Å². The van der Waals surface area contributed by atoms with Crippen LogP contribution < -0.4 is 15.4 Å². The van der Waals surface area contributed by atoms with E-state index in [2.05, 4.69) is 30.3 Å². The molecule has 3 N–H and O–H groups in total. The maximum absolute atomic E-state index is 12.7. The number of anilines is 5. The van der Waals surface area contributed by atoms with Crippen LogP contribution in [0, 0.1) is 27.7 Å². The van der Waals surface area contributed by atoms with Gasteiger partial charge in [0.05, 0.1) is 4.90 Å². The van der Waals surface area contributed by atoms with Crippen LogP contribution in [0.5, 0.6) is 0 Å². The second-order valence-electron chi connectivity index (χ2n) is 8.08.